The molecule has 1 rings (SSSR count). The Morgan fingerprint density at radius 3 is 2.00 bits per heavy atom. The van der Waals surface area contributed by atoms with Gasteiger partial charge in [0.2, 0.25) is 0 Å². The second-order valence-corrected chi connectivity index (χ2v) is 6.97. The molecular formula is C14H28O2Si. The smallest absolute Gasteiger partial charge is 0.351 e. The molecule has 0 saturated heterocycles. The van der Waals surface area contributed by atoms with Crippen LogP contribution in [-0.4, -0.2) is 22.5 Å². The maximum Gasteiger partial charge on any atom is 0.351 e. The second kappa shape index (κ2) is 8.89. The van der Waals surface area contributed by atoms with E-state index in [1.807, 2.05) is 0 Å². The zero-order valence-corrected chi connectivity index (χ0v) is 12.9. The molecule has 0 N–H and O–H groups in total. The third kappa shape index (κ3) is 5.36. The minimum atomic E-state index is -1.53. The molecule has 100 valence electrons. The lowest BCUT2D eigenvalue weighted by molar-refractivity contribution is 0.197. The van der Waals surface area contributed by atoms with Gasteiger partial charge in [-0.15, -0.1) is 0 Å². The topological polar surface area (TPSA) is 18.5 Å². The van der Waals surface area contributed by atoms with Crippen molar-refractivity contribution in [2.75, 3.05) is 13.2 Å². The van der Waals surface area contributed by atoms with Gasteiger partial charge < -0.3 is 8.85 Å². The highest BCUT2D eigenvalue weighted by atomic mass is 28.3. The Balaban J connectivity index is 2.43. The van der Waals surface area contributed by atoms with Crippen LogP contribution in [0.3, 0.4) is 0 Å². The van der Waals surface area contributed by atoms with Crippen LogP contribution in [-0.2, 0) is 8.85 Å². The van der Waals surface area contributed by atoms with Crippen LogP contribution in [0, 0.1) is 0 Å². The Kier molecular flexibility index (Phi) is 7.81. The summed E-state index contributed by atoms with van der Waals surface area (Å²) in [7, 11) is -1.53. The minimum Gasteiger partial charge on any atom is -0.393 e. The highest BCUT2D eigenvalue weighted by Crippen LogP contribution is 2.28. The average molecular weight is 256 g/mol. The molecule has 3 heteroatoms. The number of hydrogen-bond acceptors (Lipinski definition) is 2. The van der Waals surface area contributed by atoms with Crippen LogP contribution < -0.4 is 0 Å². The zero-order valence-electron chi connectivity index (χ0n) is 11.8. The Morgan fingerprint density at radius 2 is 1.59 bits per heavy atom. The van der Waals surface area contributed by atoms with Crippen molar-refractivity contribution < 1.29 is 8.85 Å². The molecule has 0 unspecified atom stereocenters. The average Bonchev–Trinajstić information content (AvgIpc) is 2.74. The molecule has 0 heterocycles. The van der Waals surface area contributed by atoms with E-state index in [2.05, 4.69) is 20.8 Å². The molecule has 0 aliphatic heterocycles. The van der Waals surface area contributed by atoms with E-state index in [4.69, 9.17) is 8.85 Å². The predicted octanol–water partition coefficient (Wildman–Crippen LogP) is 3.88. The van der Waals surface area contributed by atoms with Crippen LogP contribution in [0.5, 0.6) is 0 Å². The molecule has 17 heavy (non-hydrogen) atoms. The first-order valence-electron chi connectivity index (χ1n) is 7.21. The number of rotatable bonds is 9. The summed E-state index contributed by atoms with van der Waals surface area (Å²) in [5.74, 6) is 0. The van der Waals surface area contributed by atoms with Gasteiger partial charge in [-0.2, -0.15) is 0 Å². The maximum atomic E-state index is 6.04. The molecule has 0 fully saturated rings. The SMILES string of the molecule is CCCCO[SiH](OCCCC)C1=C(C)CCC1. The lowest BCUT2D eigenvalue weighted by Crippen LogP contribution is -2.27. The quantitative estimate of drug-likeness (QED) is 0.460. The molecule has 0 atom stereocenters. The summed E-state index contributed by atoms with van der Waals surface area (Å²) in [5, 5.41) is 1.55. The first-order valence-corrected chi connectivity index (χ1v) is 8.73. The molecule has 0 aromatic rings. The zero-order chi connectivity index (χ0) is 12.5. The summed E-state index contributed by atoms with van der Waals surface area (Å²) in [6.45, 7) is 8.44. The summed E-state index contributed by atoms with van der Waals surface area (Å²) in [5.41, 5.74) is 1.55. The van der Waals surface area contributed by atoms with Crippen LogP contribution in [0.1, 0.15) is 65.7 Å². The normalized spacial score (nSPS) is 16.2. The van der Waals surface area contributed by atoms with Crippen molar-refractivity contribution in [3.8, 4) is 0 Å². The molecule has 0 aromatic heterocycles. The second-order valence-electron chi connectivity index (χ2n) is 4.94. The van der Waals surface area contributed by atoms with E-state index in [1.165, 1.54) is 32.1 Å². The molecule has 2 nitrogen and oxygen atoms in total. The van der Waals surface area contributed by atoms with E-state index in [0.29, 0.717) is 0 Å². The largest absolute Gasteiger partial charge is 0.393 e. The first kappa shape index (κ1) is 14.9. The third-order valence-corrected chi connectivity index (χ3v) is 5.79. The van der Waals surface area contributed by atoms with Crippen LogP contribution in [0.4, 0.5) is 0 Å². The van der Waals surface area contributed by atoms with E-state index >= 15 is 0 Å². The number of unbranched alkanes of at least 4 members (excludes halogenated alkanes) is 2. The fourth-order valence-electron chi connectivity index (χ4n) is 2.16. The highest BCUT2D eigenvalue weighted by Gasteiger charge is 2.24. The van der Waals surface area contributed by atoms with E-state index < -0.39 is 9.28 Å². The van der Waals surface area contributed by atoms with Crippen molar-refractivity contribution in [3.05, 3.63) is 10.8 Å². The summed E-state index contributed by atoms with van der Waals surface area (Å²) in [6, 6.07) is 0. The molecule has 0 aromatic carbocycles. The van der Waals surface area contributed by atoms with Crippen molar-refractivity contribution in [3.63, 3.8) is 0 Å². The van der Waals surface area contributed by atoms with Crippen molar-refractivity contribution in [2.45, 2.75) is 65.7 Å². The lowest BCUT2D eigenvalue weighted by Gasteiger charge is -2.18. The van der Waals surface area contributed by atoms with Gasteiger partial charge in [0.25, 0.3) is 0 Å². The van der Waals surface area contributed by atoms with Gasteiger partial charge in [-0.25, -0.2) is 0 Å². The van der Waals surface area contributed by atoms with Crippen LogP contribution in [0.25, 0.3) is 0 Å². The molecule has 1 aliphatic rings. The Labute approximate surface area is 108 Å². The first-order chi connectivity index (χ1) is 8.29. The molecule has 0 saturated carbocycles. The Morgan fingerprint density at radius 1 is 1.00 bits per heavy atom. The summed E-state index contributed by atoms with van der Waals surface area (Å²) >= 11 is 0. The lowest BCUT2D eigenvalue weighted by atomic mass is 10.3. The molecule has 1 aliphatic carbocycles. The van der Waals surface area contributed by atoms with Crippen LogP contribution >= 0.6 is 0 Å². The van der Waals surface area contributed by atoms with Gasteiger partial charge in [0.05, 0.1) is 0 Å². The van der Waals surface area contributed by atoms with Crippen molar-refractivity contribution >= 4 is 9.28 Å². The van der Waals surface area contributed by atoms with Gasteiger partial charge in [0, 0.05) is 13.2 Å². The van der Waals surface area contributed by atoms with Gasteiger partial charge >= 0.3 is 9.28 Å². The number of hydrogen-bond donors (Lipinski definition) is 0. The summed E-state index contributed by atoms with van der Waals surface area (Å²) in [4.78, 5) is 0. The van der Waals surface area contributed by atoms with E-state index in [1.54, 1.807) is 10.8 Å². The van der Waals surface area contributed by atoms with Crippen molar-refractivity contribution in [2.24, 2.45) is 0 Å². The van der Waals surface area contributed by atoms with Gasteiger partial charge in [-0.3, -0.25) is 0 Å². The third-order valence-electron chi connectivity index (χ3n) is 3.36. The Bertz CT molecular complexity index is 228. The molecule has 0 amide bonds. The van der Waals surface area contributed by atoms with E-state index in [9.17, 15) is 0 Å². The van der Waals surface area contributed by atoms with Gasteiger partial charge in [0.1, 0.15) is 0 Å². The molecule has 0 spiro atoms. The van der Waals surface area contributed by atoms with Crippen LogP contribution in [0.15, 0.2) is 10.8 Å². The van der Waals surface area contributed by atoms with E-state index in [0.717, 1.165) is 26.1 Å². The van der Waals surface area contributed by atoms with Crippen LogP contribution in [0.2, 0.25) is 0 Å². The van der Waals surface area contributed by atoms with Gasteiger partial charge in [0.15, 0.2) is 0 Å². The summed E-state index contributed by atoms with van der Waals surface area (Å²) < 4.78 is 12.1. The monoisotopic (exact) mass is 256 g/mol. The van der Waals surface area contributed by atoms with E-state index in [-0.39, 0.29) is 0 Å². The predicted molar refractivity (Wildman–Crippen MR) is 75.4 cm³/mol. The summed E-state index contributed by atoms with van der Waals surface area (Å²) in [6.07, 6.45) is 8.51. The molecule has 0 bridgehead atoms. The number of allylic oxidation sites excluding steroid dienone is 2. The maximum absolute atomic E-state index is 6.04. The minimum absolute atomic E-state index is 0.885. The highest BCUT2D eigenvalue weighted by molar-refractivity contribution is 6.54. The fourth-order valence-corrected chi connectivity index (χ4v) is 4.40. The molecular weight excluding hydrogens is 228 g/mol. The molecule has 0 radical (unpaired) electrons. The van der Waals surface area contributed by atoms with Crippen molar-refractivity contribution in [1.29, 1.82) is 0 Å². The fraction of sp³-hybridized carbons (Fsp3) is 0.857. The Hall–Kier alpha value is -0.123. The van der Waals surface area contributed by atoms with Gasteiger partial charge in [-0.05, 0) is 44.2 Å². The van der Waals surface area contributed by atoms with Gasteiger partial charge in [-0.1, -0.05) is 32.3 Å². The standard InChI is InChI=1S/C14H28O2Si/c1-4-6-11-15-17(16-12-7-5-2)14-10-8-9-13(14)3/h17H,4-12H2,1-3H3. The van der Waals surface area contributed by atoms with Crippen molar-refractivity contribution in [1.82, 2.24) is 0 Å².